The molecule has 1 amide bonds. The van der Waals surface area contributed by atoms with Gasteiger partial charge in [-0.1, -0.05) is 60.3 Å². The highest BCUT2D eigenvalue weighted by Gasteiger charge is 2.25. The molecule has 0 unspecified atom stereocenters. The molecular formula is C27H25N3O2S. The van der Waals surface area contributed by atoms with Crippen LogP contribution in [0, 0.1) is 0 Å². The zero-order valence-corrected chi connectivity index (χ0v) is 19.3. The van der Waals surface area contributed by atoms with E-state index < -0.39 is 0 Å². The number of rotatable bonds is 5. The first-order chi connectivity index (χ1) is 16.2. The van der Waals surface area contributed by atoms with E-state index in [0.29, 0.717) is 34.8 Å². The highest BCUT2D eigenvalue weighted by molar-refractivity contribution is 7.99. The molecule has 0 saturated heterocycles. The maximum absolute atomic E-state index is 13.5. The van der Waals surface area contributed by atoms with Crippen molar-refractivity contribution in [2.75, 3.05) is 10.7 Å². The van der Waals surface area contributed by atoms with E-state index in [0.717, 1.165) is 24.2 Å². The van der Waals surface area contributed by atoms with Gasteiger partial charge in [0.15, 0.2) is 5.16 Å². The number of carbonyl (C=O) groups is 1. The Morgan fingerprint density at radius 1 is 0.909 bits per heavy atom. The summed E-state index contributed by atoms with van der Waals surface area (Å²) in [5.41, 5.74) is 4.96. The van der Waals surface area contributed by atoms with Gasteiger partial charge in [0, 0.05) is 18.7 Å². The summed E-state index contributed by atoms with van der Waals surface area (Å²) in [6.07, 6.45) is 2.17. The molecule has 0 bridgehead atoms. The van der Waals surface area contributed by atoms with E-state index in [1.165, 1.54) is 22.9 Å². The Bertz CT molecular complexity index is 1350. The third-order valence-electron chi connectivity index (χ3n) is 6.07. The van der Waals surface area contributed by atoms with Gasteiger partial charge in [-0.2, -0.15) is 0 Å². The minimum Gasteiger partial charge on any atom is -0.287 e. The summed E-state index contributed by atoms with van der Waals surface area (Å²) in [4.78, 5) is 33.0. The van der Waals surface area contributed by atoms with Crippen LogP contribution in [0.5, 0.6) is 0 Å². The largest absolute Gasteiger partial charge is 0.287 e. The molecule has 0 N–H and O–H groups in total. The standard InChI is InChI=1S/C27H25N3O2S/c1-2-29-26(32)21-11-5-6-12-22(21)28-27(29)33-18-17-25(31)30-23-13-7-3-9-19(23)15-16-20-10-4-8-14-24(20)30/h3-14H,2,15-18H2,1H3. The molecule has 0 aliphatic carbocycles. The second-order valence-electron chi connectivity index (χ2n) is 8.05. The summed E-state index contributed by atoms with van der Waals surface area (Å²) in [6.45, 7) is 2.48. The molecule has 6 heteroatoms. The quantitative estimate of drug-likeness (QED) is 0.300. The van der Waals surface area contributed by atoms with Crippen molar-refractivity contribution in [3.05, 3.63) is 94.3 Å². The summed E-state index contributed by atoms with van der Waals surface area (Å²) < 4.78 is 1.69. The van der Waals surface area contributed by atoms with Gasteiger partial charge < -0.3 is 0 Å². The number of hydrogen-bond donors (Lipinski definition) is 0. The minimum atomic E-state index is -0.0349. The molecule has 2 heterocycles. The third-order valence-corrected chi connectivity index (χ3v) is 7.05. The van der Waals surface area contributed by atoms with Crippen LogP contribution in [0.25, 0.3) is 10.9 Å². The normalized spacial score (nSPS) is 12.8. The van der Waals surface area contributed by atoms with Gasteiger partial charge in [-0.25, -0.2) is 4.98 Å². The number of aryl methyl sites for hydroxylation is 2. The van der Waals surface area contributed by atoms with Crippen molar-refractivity contribution in [1.82, 2.24) is 9.55 Å². The Balaban J connectivity index is 1.41. The lowest BCUT2D eigenvalue weighted by Gasteiger charge is -2.25. The number of hydrogen-bond acceptors (Lipinski definition) is 4. The molecule has 5 nitrogen and oxygen atoms in total. The first-order valence-electron chi connectivity index (χ1n) is 11.3. The molecule has 166 valence electrons. The summed E-state index contributed by atoms with van der Waals surface area (Å²) in [5.74, 6) is 0.597. The van der Waals surface area contributed by atoms with Gasteiger partial charge in [0.2, 0.25) is 5.91 Å². The van der Waals surface area contributed by atoms with Crippen molar-refractivity contribution in [2.45, 2.75) is 37.9 Å². The van der Waals surface area contributed by atoms with Crippen molar-refractivity contribution in [3.8, 4) is 0 Å². The molecule has 1 aliphatic rings. The van der Waals surface area contributed by atoms with Crippen molar-refractivity contribution in [1.29, 1.82) is 0 Å². The molecule has 33 heavy (non-hydrogen) atoms. The van der Waals surface area contributed by atoms with Crippen LogP contribution in [0.1, 0.15) is 24.5 Å². The average Bonchev–Trinajstić information content (AvgIpc) is 3.01. The second-order valence-corrected chi connectivity index (χ2v) is 9.11. The summed E-state index contributed by atoms with van der Waals surface area (Å²) in [6, 6.07) is 23.7. The zero-order valence-electron chi connectivity index (χ0n) is 18.5. The molecule has 5 rings (SSSR count). The Hall–Kier alpha value is -3.38. The van der Waals surface area contributed by atoms with Crippen molar-refractivity contribution in [3.63, 3.8) is 0 Å². The summed E-state index contributed by atoms with van der Waals surface area (Å²) >= 11 is 1.47. The molecule has 0 fully saturated rings. The number of amides is 1. The Morgan fingerprint density at radius 2 is 1.52 bits per heavy atom. The minimum absolute atomic E-state index is 0.0349. The van der Waals surface area contributed by atoms with Crippen LogP contribution in [0.3, 0.4) is 0 Å². The fourth-order valence-corrected chi connectivity index (χ4v) is 5.42. The number of fused-ring (bicyclic) bond motifs is 3. The number of thioether (sulfide) groups is 1. The predicted octanol–water partition coefficient (Wildman–Crippen LogP) is 5.36. The highest BCUT2D eigenvalue weighted by atomic mass is 32.2. The number of aromatic nitrogens is 2. The Morgan fingerprint density at radius 3 is 2.18 bits per heavy atom. The number of anilines is 2. The van der Waals surface area contributed by atoms with Crippen LogP contribution < -0.4 is 10.5 Å². The lowest BCUT2D eigenvalue weighted by molar-refractivity contribution is -0.117. The molecular weight excluding hydrogens is 430 g/mol. The second kappa shape index (κ2) is 9.24. The lowest BCUT2D eigenvalue weighted by Crippen LogP contribution is -2.27. The lowest BCUT2D eigenvalue weighted by atomic mass is 10.0. The van der Waals surface area contributed by atoms with E-state index in [-0.39, 0.29) is 11.5 Å². The van der Waals surface area contributed by atoms with E-state index in [1.807, 2.05) is 72.5 Å². The zero-order chi connectivity index (χ0) is 22.8. The summed E-state index contributed by atoms with van der Waals surface area (Å²) in [7, 11) is 0. The monoisotopic (exact) mass is 455 g/mol. The molecule has 1 aliphatic heterocycles. The van der Waals surface area contributed by atoms with Gasteiger partial charge in [0.05, 0.1) is 22.3 Å². The molecule has 0 atom stereocenters. The van der Waals surface area contributed by atoms with E-state index in [2.05, 4.69) is 12.1 Å². The number of benzene rings is 3. The van der Waals surface area contributed by atoms with Gasteiger partial charge >= 0.3 is 0 Å². The number of nitrogens with zero attached hydrogens (tertiary/aromatic N) is 3. The first kappa shape index (κ1) is 21.5. The van der Waals surface area contributed by atoms with Crippen LogP contribution in [-0.2, 0) is 24.2 Å². The van der Waals surface area contributed by atoms with Crippen LogP contribution in [0.2, 0.25) is 0 Å². The van der Waals surface area contributed by atoms with Crippen molar-refractivity contribution < 1.29 is 4.79 Å². The maximum atomic E-state index is 13.5. The van der Waals surface area contributed by atoms with Gasteiger partial charge in [-0.05, 0) is 55.2 Å². The number of carbonyl (C=O) groups excluding carboxylic acids is 1. The maximum Gasteiger partial charge on any atom is 0.262 e. The molecule has 4 aromatic rings. The smallest absolute Gasteiger partial charge is 0.262 e. The SMILES string of the molecule is CCn1c(SCCC(=O)N2c3ccccc3CCc3ccccc32)nc2ccccc2c1=O. The van der Waals surface area contributed by atoms with Crippen LogP contribution in [0.4, 0.5) is 11.4 Å². The van der Waals surface area contributed by atoms with Gasteiger partial charge in [0.1, 0.15) is 0 Å². The fourth-order valence-electron chi connectivity index (χ4n) is 4.43. The fraction of sp³-hybridized carbons (Fsp3) is 0.222. The van der Waals surface area contributed by atoms with E-state index in [4.69, 9.17) is 4.98 Å². The molecule has 3 aromatic carbocycles. The Labute approximate surface area is 197 Å². The number of para-hydroxylation sites is 3. The Kier molecular flexibility index (Phi) is 6.01. The third kappa shape index (κ3) is 4.07. The summed E-state index contributed by atoms with van der Waals surface area (Å²) in [5, 5.41) is 1.28. The van der Waals surface area contributed by atoms with Crippen LogP contribution >= 0.6 is 11.8 Å². The van der Waals surface area contributed by atoms with E-state index in [1.54, 1.807) is 4.57 Å². The molecule has 0 spiro atoms. The van der Waals surface area contributed by atoms with Crippen LogP contribution in [0.15, 0.2) is 82.7 Å². The molecule has 0 saturated carbocycles. The van der Waals surface area contributed by atoms with Gasteiger partial charge in [-0.3, -0.25) is 19.1 Å². The van der Waals surface area contributed by atoms with Crippen molar-refractivity contribution in [2.24, 2.45) is 0 Å². The highest BCUT2D eigenvalue weighted by Crippen LogP contribution is 2.36. The predicted molar refractivity (Wildman–Crippen MR) is 134 cm³/mol. The van der Waals surface area contributed by atoms with Crippen LogP contribution in [-0.4, -0.2) is 21.2 Å². The van der Waals surface area contributed by atoms with Crippen molar-refractivity contribution >= 4 is 39.9 Å². The molecule has 1 aromatic heterocycles. The topological polar surface area (TPSA) is 55.2 Å². The molecule has 0 radical (unpaired) electrons. The average molecular weight is 456 g/mol. The van der Waals surface area contributed by atoms with E-state index in [9.17, 15) is 9.59 Å². The van der Waals surface area contributed by atoms with Gasteiger partial charge in [-0.15, -0.1) is 0 Å². The van der Waals surface area contributed by atoms with E-state index >= 15 is 0 Å². The first-order valence-corrected chi connectivity index (χ1v) is 12.3. The van der Waals surface area contributed by atoms with Gasteiger partial charge in [0.25, 0.3) is 5.56 Å².